The van der Waals surface area contributed by atoms with Gasteiger partial charge in [0.25, 0.3) is 0 Å². The fourth-order valence-electron chi connectivity index (χ4n) is 2.15. The van der Waals surface area contributed by atoms with Crippen LogP contribution in [0.5, 0.6) is 0 Å². The summed E-state index contributed by atoms with van der Waals surface area (Å²) in [6.07, 6.45) is 0.987. The van der Waals surface area contributed by atoms with Crippen molar-refractivity contribution in [3.8, 4) is 0 Å². The van der Waals surface area contributed by atoms with E-state index in [0.717, 1.165) is 31.2 Å². The zero-order chi connectivity index (χ0) is 12.4. The van der Waals surface area contributed by atoms with Crippen LogP contribution in [0.4, 0.5) is 0 Å². The van der Waals surface area contributed by atoms with Gasteiger partial charge in [0.1, 0.15) is 0 Å². The lowest BCUT2D eigenvalue weighted by atomic mass is 10.1. The largest absolute Gasteiger partial charge is 0.356 e. The van der Waals surface area contributed by atoms with Crippen molar-refractivity contribution in [3.63, 3.8) is 0 Å². The topological polar surface area (TPSA) is 54.2 Å². The number of aryl methyl sites for hydroxylation is 2. The lowest BCUT2D eigenvalue weighted by Crippen LogP contribution is -2.38. The molecule has 17 heavy (non-hydrogen) atoms. The lowest BCUT2D eigenvalue weighted by Gasteiger charge is -2.08. The molecule has 1 unspecified atom stereocenters. The highest BCUT2D eigenvalue weighted by molar-refractivity contribution is 5.81. The van der Waals surface area contributed by atoms with Crippen LogP contribution in [0.3, 0.4) is 0 Å². The molecule has 0 saturated heterocycles. The second-order valence-corrected chi connectivity index (χ2v) is 4.68. The van der Waals surface area contributed by atoms with E-state index in [1.54, 1.807) is 0 Å². The van der Waals surface area contributed by atoms with Gasteiger partial charge >= 0.3 is 0 Å². The van der Waals surface area contributed by atoms with E-state index in [9.17, 15) is 0 Å². The van der Waals surface area contributed by atoms with E-state index in [0.29, 0.717) is 6.04 Å². The van der Waals surface area contributed by atoms with Crippen LogP contribution in [0.1, 0.15) is 23.9 Å². The van der Waals surface area contributed by atoms with Gasteiger partial charge in [-0.3, -0.25) is 9.67 Å². The van der Waals surface area contributed by atoms with Gasteiger partial charge in [-0.2, -0.15) is 5.10 Å². The van der Waals surface area contributed by atoms with E-state index >= 15 is 0 Å². The molecule has 0 amide bonds. The third kappa shape index (κ3) is 2.60. The first kappa shape index (κ1) is 12.0. The second-order valence-electron chi connectivity index (χ2n) is 4.68. The van der Waals surface area contributed by atoms with Crippen LogP contribution in [0.25, 0.3) is 0 Å². The van der Waals surface area contributed by atoms with Crippen LogP contribution in [-0.2, 0) is 13.5 Å². The average molecular weight is 235 g/mol. The molecule has 1 aromatic rings. The predicted molar refractivity (Wildman–Crippen MR) is 69.3 cm³/mol. The first-order chi connectivity index (χ1) is 8.08. The summed E-state index contributed by atoms with van der Waals surface area (Å²) >= 11 is 0. The summed E-state index contributed by atoms with van der Waals surface area (Å²) in [6.45, 7) is 8.07. The van der Waals surface area contributed by atoms with Gasteiger partial charge in [-0.15, -0.1) is 0 Å². The summed E-state index contributed by atoms with van der Waals surface area (Å²) in [5.74, 6) is 0.927. The fraction of sp³-hybridized carbons (Fsp3) is 0.667. The Morgan fingerprint density at radius 2 is 2.24 bits per heavy atom. The average Bonchev–Trinajstić information content (AvgIpc) is 2.78. The van der Waals surface area contributed by atoms with Crippen molar-refractivity contribution in [2.24, 2.45) is 12.0 Å². The number of guanidine groups is 1. The zero-order valence-electron chi connectivity index (χ0n) is 11.0. The van der Waals surface area contributed by atoms with E-state index < -0.39 is 0 Å². The molecule has 0 bridgehead atoms. The zero-order valence-corrected chi connectivity index (χ0v) is 11.0. The quantitative estimate of drug-likeness (QED) is 0.803. The molecular weight excluding hydrogens is 214 g/mol. The van der Waals surface area contributed by atoms with E-state index in [1.165, 1.54) is 11.3 Å². The van der Waals surface area contributed by atoms with E-state index in [-0.39, 0.29) is 0 Å². The van der Waals surface area contributed by atoms with Crippen molar-refractivity contribution in [2.45, 2.75) is 33.2 Å². The van der Waals surface area contributed by atoms with Gasteiger partial charge in [0.15, 0.2) is 5.96 Å². The number of hydrogen-bond donors (Lipinski definition) is 2. The summed E-state index contributed by atoms with van der Waals surface area (Å²) in [6, 6.07) is 0.458. The molecule has 5 heteroatoms. The third-order valence-corrected chi connectivity index (χ3v) is 3.23. The Bertz CT molecular complexity index is 432. The summed E-state index contributed by atoms with van der Waals surface area (Å²) in [5, 5.41) is 11.0. The first-order valence-corrected chi connectivity index (χ1v) is 6.12. The summed E-state index contributed by atoms with van der Waals surface area (Å²) in [4.78, 5) is 4.37. The predicted octanol–water partition coefficient (Wildman–Crippen LogP) is 0.517. The molecular formula is C12H21N5. The van der Waals surface area contributed by atoms with Crippen molar-refractivity contribution in [2.75, 3.05) is 13.1 Å². The molecule has 1 atom stereocenters. The van der Waals surface area contributed by atoms with Gasteiger partial charge < -0.3 is 10.6 Å². The first-order valence-electron chi connectivity index (χ1n) is 6.12. The third-order valence-electron chi connectivity index (χ3n) is 3.23. The molecule has 0 spiro atoms. The SMILES string of the molecule is Cc1nn(C)c(C)c1CCNC1=NCC(C)N1. The van der Waals surface area contributed by atoms with Gasteiger partial charge in [-0.1, -0.05) is 0 Å². The van der Waals surface area contributed by atoms with E-state index in [4.69, 9.17) is 0 Å². The minimum atomic E-state index is 0.458. The van der Waals surface area contributed by atoms with Crippen molar-refractivity contribution in [3.05, 3.63) is 17.0 Å². The molecule has 0 aliphatic carbocycles. The molecule has 2 rings (SSSR count). The molecule has 1 aliphatic rings. The Labute approximate surface area is 102 Å². The normalized spacial score (nSPS) is 19.1. The van der Waals surface area contributed by atoms with Gasteiger partial charge in [0.05, 0.1) is 12.2 Å². The smallest absolute Gasteiger partial charge is 0.191 e. The van der Waals surface area contributed by atoms with Crippen LogP contribution < -0.4 is 10.6 Å². The Balaban J connectivity index is 1.86. The number of hydrogen-bond acceptors (Lipinski definition) is 4. The minimum absolute atomic E-state index is 0.458. The molecule has 0 saturated carbocycles. The lowest BCUT2D eigenvalue weighted by molar-refractivity contribution is 0.711. The summed E-state index contributed by atoms with van der Waals surface area (Å²) in [5.41, 5.74) is 3.71. The van der Waals surface area contributed by atoms with Crippen molar-refractivity contribution < 1.29 is 0 Å². The van der Waals surface area contributed by atoms with Crippen LogP contribution >= 0.6 is 0 Å². The molecule has 0 radical (unpaired) electrons. The molecule has 5 nitrogen and oxygen atoms in total. The molecule has 1 aromatic heterocycles. The van der Waals surface area contributed by atoms with Gasteiger partial charge in [-0.25, -0.2) is 0 Å². The number of nitrogens with zero attached hydrogens (tertiary/aromatic N) is 3. The maximum atomic E-state index is 4.42. The van der Waals surface area contributed by atoms with E-state index in [2.05, 4.69) is 41.5 Å². The van der Waals surface area contributed by atoms with Crippen LogP contribution in [0.15, 0.2) is 4.99 Å². The Morgan fingerprint density at radius 3 is 2.76 bits per heavy atom. The minimum Gasteiger partial charge on any atom is -0.356 e. The van der Waals surface area contributed by atoms with E-state index in [1.807, 2.05) is 11.7 Å². The Kier molecular flexibility index (Phi) is 3.36. The van der Waals surface area contributed by atoms with Crippen LogP contribution in [0.2, 0.25) is 0 Å². The summed E-state index contributed by atoms with van der Waals surface area (Å²) in [7, 11) is 1.99. The number of rotatable bonds is 3. The van der Waals surface area contributed by atoms with Crippen LogP contribution in [0, 0.1) is 13.8 Å². The maximum absolute atomic E-state index is 4.42. The van der Waals surface area contributed by atoms with Crippen molar-refractivity contribution in [1.82, 2.24) is 20.4 Å². The molecule has 0 fully saturated rings. The van der Waals surface area contributed by atoms with Gasteiger partial charge in [0.2, 0.25) is 0 Å². The monoisotopic (exact) mass is 235 g/mol. The molecule has 0 aromatic carbocycles. The van der Waals surface area contributed by atoms with Crippen molar-refractivity contribution >= 4 is 5.96 Å². The Hall–Kier alpha value is -1.52. The second kappa shape index (κ2) is 4.77. The highest BCUT2D eigenvalue weighted by atomic mass is 15.3. The number of nitrogens with one attached hydrogen (secondary N) is 2. The highest BCUT2D eigenvalue weighted by Gasteiger charge is 2.12. The fourth-order valence-corrected chi connectivity index (χ4v) is 2.15. The molecule has 1 aliphatic heterocycles. The number of aromatic nitrogens is 2. The molecule has 2 N–H and O–H groups in total. The standard InChI is InChI=1S/C12H21N5/c1-8-7-14-12(15-8)13-6-5-11-9(2)16-17(4)10(11)3/h8H,5-7H2,1-4H3,(H2,13,14,15). The number of aliphatic imine (C=N–C) groups is 1. The highest BCUT2D eigenvalue weighted by Crippen LogP contribution is 2.11. The molecule has 94 valence electrons. The maximum Gasteiger partial charge on any atom is 0.191 e. The van der Waals surface area contributed by atoms with Crippen LogP contribution in [-0.4, -0.2) is 34.9 Å². The van der Waals surface area contributed by atoms with Gasteiger partial charge in [0, 0.05) is 25.3 Å². The van der Waals surface area contributed by atoms with Gasteiger partial charge in [-0.05, 0) is 32.8 Å². The summed E-state index contributed by atoms with van der Waals surface area (Å²) < 4.78 is 1.94. The molecule has 2 heterocycles. The van der Waals surface area contributed by atoms with Crippen molar-refractivity contribution in [1.29, 1.82) is 0 Å². The Morgan fingerprint density at radius 1 is 1.47 bits per heavy atom.